The van der Waals surface area contributed by atoms with Gasteiger partial charge in [0.1, 0.15) is 5.82 Å². The van der Waals surface area contributed by atoms with Crippen LogP contribution in [0.4, 0.5) is 15.2 Å². The van der Waals surface area contributed by atoms with Gasteiger partial charge in [0.05, 0.1) is 34.5 Å². The molecule has 5 rings (SSSR count). The van der Waals surface area contributed by atoms with E-state index in [9.17, 15) is 14.0 Å². The van der Waals surface area contributed by atoms with Crippen molar-refractivity contribution in [2.75, 3.05) is 29.5 Å². The van der Waals surface area contributed by atoms with Gasteiger partial charge in [-0.05, 0) is 37.1 Å². The number of aromatic nitrogens is 1. The molecule has 2 unspecified atom stereocenters. The number of carbonyl (C=O) groups is 2. The zero-order valence-corrected chi connectivity index (χ0v) is 17.7. The van der Waals surface area contributed by atoms with E-state index in [-0.39, 0.29) is 36.6 Å². The van der Waals surface area contributed by atoms with E-state index in [2.05, 4.69) is 4.98 Å². The van der Waals surface area contributed by atoms with Crippen LogP contribution in [0, 0.1) is 11.7 Å². The number of hydrogen-bond acceptors (Lipinski definition) is 5. The Morgan fingerprint density at radius 2 is 2.03 bits per heavy atom. The molecule has 8 heteroatoms. The van der Waals surface area contributed by atoms with E-state index in [4.69, 9.17) is 4.74 Å². The normalized spacial score (nSPS) is 21.2. The highest BCUT2D eigenvalue weighted by molar-refractivity contribution is 7.22. The molecule has 0 aliphatic carbocycles. The van der Waals surface area contributed by atoms with E-state index in [0.29, 0.717) is 18.3 Å². The number of benzene rings is 2. The second-order valence-electron chi connectivity index (χ2n) is 7.90. The lowest BCUT2D eigenvalue weighted by atomic mass is 10.1. The Hall–Kier alpha value is -2.84. The summed E-state index contributed by atoms with van der Waals surface area (Å²) in [5.74, 6) is -1.43. The lowest BCUT2D eigenvalue weighted by molar-refractivity contribution is -0.124. The standard InChI is InChI=1S/C23H22FN3O3S/c24-17-7-1-3-9-19(17)26-13-15(12-21(26)28)22(29)27(14-16-6-5-11-30-16)23-25-18-8-2-4-10-20(18)31-23/h1-4,7-10,15-16H,5-6,11-14H2. The van der Waals surface area contributed by atoms with Crippen LogP contribution in [0.2, 0.25) is 0 Å². The highest BCUT2D eigenvalue weighted by Crippen LogP contribution is 2.33. The second kappa shape index (κ2) is 8.36. The summed E-state index contributed by atoms with van der Waals surface area (Å²) in [5.41, 5.74) is 1.05. The van der Waals surface area contributed by atoms with Crippen molar-refractivity contribution < 1.29 is 18.7 Å². The maximum absolute atomic E-state index is 14.2. The number of carbonyl (C=O) groups excluding carboxylic acids is 2. The monoisotopic (exact) mass is 439 g/mol. The van der Waals surface area contributed by atoms with Gasteiger partial charge in [-0.15, -0.1) is 0 Å². The SMILES string of the molecule is O=C(C1CC(=O)N(c2ccccc2F)C1)N(CC1CCCO1)c1nc2ccccc2s1. The van der Waals surface area contributed by atoms with Crippen molar-refractivity contribution >= 4 is 44.2 Å². The number of ether oxygens (including phenoxy) is 1. The van der Waals surface area contributed by atoms with Crippen LogP contribution in [0.3, 0.4) is 0 Å². The molecule has 0 spiro atoms. The first-order valence-corrected chi connectivity index (χ1v) is 11.3. The molecule has 31 heavy (non-hydrogen) atoms. The molecule has 0 radical (unpaired) electrons. The van der Waals surface area contributed by atoms with Crippen LogP contribution in [0.15, 0.2) is 48.5 Å². The Bertz CT molecular complexity index is 1090. The van der Waals surface area contributed by atoms with E-state index < -0.39 is 11.7 Å². The van der Waals surface area contributed by atoms with Crippen molar-refractivity contribution in [1.29, 1.82) is 0 Å². The average molecular weight is 440 g/mol. The molecule has 0 bridgehead atoms. The van der Waals surface area contributed by atoms with E-state index >= 15 is 0 Å². The van der Waals surface area contributed by atoms with Crippen molar-refractivity contribution in [3.63, 3.8) is 0 Å². The number of fused-ring (bicyclic) bond motifs is 1. The maximum Gasteiger partial charge on any atom is 0.234 e. The average Bonchev–Trinajstić information content (AvgIpc) is 3.51. The van der Waals surface area contributed by atoms with Crippen molar-refractivity contribution in [2.45, 2.75) is 25.4 Å². The molecule has 3 heterocycles. The molecule has 1 aromatic heterocycles. The highest BCUT2D eigenvalue weighted by atomic mass is 32.1. The first kappa shape index (κ1) is 20.1. The van der Waals surface area contributed by atoms with Crippen LogP contribution in [0.1, 0.15) is 19.3 Å². The quantitative estimate of drug-likeness (QED) is 0.603. The number of nitrogens with zero attached hydrogens (tertiary/aromatic N) is 3. The molecule has 2 fully saturated rings. The Kier molecular flexibility index (Phi) is 5.41. The fraction of sp³-hybridized carbons (Fsp3) is 0.348. The predicted molar refractivity (Wildman–Crippen MR) is 118 cm³/mol. The predicted octanol–water partition coefficient (Wildman–Crippen LogP) is 4.00. The third kappa shape index (κ3) is 3.93. The van der Waals surface area contributed by atoms with Crippen LogP contribution in [-0.4, -0.2) is 42.6 Å². The summed E-state index contributed by atoms with van der Waals surface area (Å²) >= 11 is 1.46. The van der Waals surface area contributed by atoms with E-state index in [1.807, 2.05) is 24.3 Å². The number of thiazole rings is 1. The molecule has 2 aliphatic rings. The lowest BCUT2D eigenvalue weighted by Gasteiger charge is -2.25. The lowest BCUT2D eigenvalue weighted by Crippen LogP contribution is -2.42. The minimum absolute atomic E-state index is 0.0456. The molecule has 2 aromatic carbocycles. The van der Waals surface area contributed by atoms with Crippen LogP contribution < -0.4 is 9.80 Å². The van der Waals surface area contributed by atoms with E-state index in [1.54, 1.807) is 23.1 Å². The number of hydrogen-bond donors (Lipinski definition) is 0. The fourth-order valence-corrected chi connectivity index (χ4v) is 5.21. The molecule has 2 atom stereocenters. The van der Waals surface area contributed by atoms with Gasteiger partial charge in [0, 0.05) is 19.6 Å². The second-order valence-corrected chi connectivity index (χ2v) is 8.91. The van der Waals surface area contributed by atoms with Crippen LogP contribution in [0.5, 0.6) is 0 Å². The summed E-state index contributed by atoms with van der Waals surface area (Å²) < 4.78 is 21.0. The van der Waals surface area contributed by atoms with Gasteiger partial charge in [0.15, 0.2) is 5.13 Å². The number of anilines is 2. The molecular formula is C23H22FN3O3S. The van der Waals surface area contributed by atoms with Gasteiger partial charge in [-0.1, -0.05) is 35.6 Å². The van der Waals surface area contributed by atoms with Crippen LogP contribution in [0.25, 0.3) is 10.2 Å². The van der Waals surface area contributed by atoms with Gasteiger partial charge >= 0.3 is 0 Å². The Labute approximate surface area is 183 Å². The van der Waals surface area contributed by atoms with Gasteiger partial charge in [0.25, 0.3) is 0 Å². The molecule has 2 saturated heterocycles. The zero-order chi connectivity index (χ0) is 21.4. The van der Waals surface area contributed by atoms with Gasteiger partial charge < -0.3 is 9.64 Å². The molecule has 0 N–H and O–H groups in total. The molecular weight excluding hydrogens is 417 g/mol. The zero-order valence-electron chi connectivity index (χ0n) is 16.9. The largest absolute Gasteiger partial charge is 0.376 e. The van der Waals surface area contributed by atoms with Gasteiger partial charge in [-0.2, -0.15) is 0 Å². The Morgan fingerprint density at radius 1 is 1.23 bits per heavy atom. The molecule has 0 saturated carbocycles. The number of amides is 2. The summed E-state index contributed by atoms with van der Waals surface area (Å²) in [4.78, 5) is 33.9. The summed E-state index contributed by atoms with van der Waals surface area (Å²) in [7, 11) is 0. The smallest absolute Gasteiger partial charge is 0.234 e. The highest BCUT2D eigenvalue weighted by Gasteiger charge is 2.40. The van der Waals surface area contributed by atoms with Crippen molar-refractivity contribution in [3.8, 4) is 0 Å². The van der Waals surface area contributed by atoms with E-state index in [0.717, 1.165) is 23.1 Å². The first-order chi connectivity index (χ1) is 15.1. The van der Waals surface area contributed by atoms with Gasteiger partial charge in [-0.3, -0.25) is 14.5 Å². The minimum Gasteiger partial charge on any atom is -0.376 e. The number of rotatable bonds is 5. The molecule has 6 nitrogen and oxygen atoms in total. The third-order valence-corrected chi connectivity index (χ3v) is 6.87. The Balaban J connectivity index is 1.42. The van der Waals surface area contributed by atoms with Crippen LogP contribution in [-0.2, 0) is 14.3 Å². The van der Waals surface area contributed by atoms with Crippen molar-refractivity contribution in [1.82, 2.24) is 4.98 Å². The third-order valence-electron chi connectivity index (χ3n) is 5.81. The number of halogens is 1. The molecule has 3 aromatic rings. The van der Waals surface area contributed by atoms with Crippen molar-refractivity contribution in [3.05, 3.63) is 54.3 Å². The first-order valence-electron chi connectivity index (χ1n) is 10.4. The number of para-hydroxylation sites is 2. The van der Waals surface area contributed by atoms with Crippen molar-refractivity contribution in [2.24, 2.45) is 5.92 Å². The minimum atomic E-state index is -0.555. The topological polar surface area (TPSA) is 62.7 Å². The molecule has 2 aliphatic heterocycles. The summed E-state index contributed by atoms with van der Waals surface area (Å²) in [6.45, 7) is 1.25. The van der Waals surface area contributed by atoms with E-state index in [1.165, 1.54) is 22.3 Å². The molecule has 160 valence electrons. The molecule has 2 amide bonds. The summed E-state index contributed by atoms with van der Waals surface area (Å²) in [5, 5.41) is 0.610. The van der Waals surface area contributed by atoms with Crippen LogP contribution >= 0.6 is 11.3 Å². The van der Waals surface area contributed by atoms with Gasteiger partial charge in [-0.25, -0.2) is 9.37 Å². The fourth-order valence-electron chi connectivity index (χ4n) is 4.23. The Morgan fingerprint density at radius 3 is 2.81 bits per heavy atom. The maximum atomic E-state index is 14.2. The van der Waals surface area contributed by atoms with Gasteiger partial charge in [0.2, 0.25) is 11.8 Å². The summed E-state index contributed by atoms with van der Waals surface area (Å²) in [6, 6.07) is 13.9. The summed E-state index contributed by atoms with van der Waals surface area (Å²) in [6.07, 6.45) is 1.87.